The Hall–Kier alpha value is -2.47. The van der Waals surface area contributed by atoms with Crippen molar-refractivity contribution in [2.75, 3.05) is 7.05 Å². The Kier molecular flexibility index (Phi) is 4.99. The van der Waals surface area contributed by atoms with Gasteiger partial charge in [0, 0.05) is 23.8 Å². The summed E-state index contributed by atoms with van der Waals surface area (Å²) in [6, 6.07) is 10.1. The molecule has 0 aliphatic carbocycles. The van der Waals surface area contributed by atoms with E-state index in [1.54, 1.807) is 16.2 Å². The highest BCUT2D eigenvalue weighted by molar-refractivity contribution is 7.09. The van der Waals surface area contributed by atoms with Crippen LogP contribution in [-0.4, -0.2) is 32.6 Å². The highest BCUT2D eigenvalue weighted by Gasteiger charge is 2.22. The van der Waals surface area contributed by atoms with E-state index in [-0.39, 0.29) is 5.91 Å². The number of aromatic nitrogens is 3. The molecule has 0 radical (unpaired) electrons. The number of nitrogens with zero attached hydrogens (tertiary/aromatic N) is 4. The Balaban J connectivity index is 1.80. The molecule has 0 saturated heterocycles. The maximum absolute atomic E-state index is 12.9. The molecule has 0 atom stereocenters. The molecule has 0 saturated carbocycles. The van der Waals surface area contributed by atoms with E-state index in [4.69, 9.17) is 0 Å². The van der Waals surface area contributed by atoms with Crippen molar-refractivity contribution in [3.8, 4) is 0 Å². The van der Waals surface area contributed by atoms with Gasteiger partial charge in [-0.25, -0.2) is 4.98 Å². The van der Waals surface area contributed by atoms with E-state index < -0.39 is 0 Å². The molecule has 0 unspecified atom stereocenters. The minimum absolute atomic E-state index is 0.0119. The van der Waals surface area contributed by atoms with E-state index in [1.165, 1.54) is 5.56 Å². The number of carbonyl (C=O) groups is 1. The Morgan fingerprint density at radius 2 is 1.92 bits per heavy atom. The average Bonchev–Trinajstić information content (AvgIpc) is 3.11. The van der Waals surface area contributed by atoms with Crippen LogP contribution in [0, 0.1) is 20.8 Å². The monoisotopic (exact) mass is 354 g/mol. The maximum atomic E-state index is 12.9. The van der Waals surface area contributed by atoms with Crippen LogP contribution in [0.1, 0.15) is 38.0 Å². The van der Waals surface area contributed by atoms with E-state index in [9.17, 15) is 4.79 Å². The summed E-state index contributed by atoms with van der Waals surface area (Å²) in [5, 5.41) is 7.52. The third kappa shape index (κ3) is 3.79. The maximum Gasteiger partial charge on any atom is 0.257 e. The van der Waals surface area contributed by atoms with E-state index in [0.29, 0.717) is 18.7 Å². The quantitative estimate of drug-likeness (QED) is 0.704. The second-order valence-electron chi connectivity index (χ2n) is 6.23. The first kappa shape index (κ1) is 17.4. The van der Waals surface area contributed by atoms with Crippen molar-refractivity contribution in [3.05, 3.63) is 68.9 Å². The highest BCUT2D eigenvalue weighted by Crippen LogP contribution is 2.19. The van der Waals surface area contributed by atoms with E-state index in [0.717, 1.165) is 22.1 Å². The van der Waals surface area contributed by atoms with Crippen LogP contribution in [0.2, 0.25) is 0 Å². The lowest BCUT2D eigenvalue weighted by Gasteiger charge is -2.16. The Morgan fingerprint density at radius 1 is 1.20 bits per heavy atom. The molecule has 2 aromatic heterocycles. The molecular formula is C19H22N4OS. The van der Waals surface area contributed by atoms with Gasteiger partial charge in [0.15, 0.2) is 0 Å². The summed E-state index contributed by atoms with van der Waals surface area (Å²) in [5.74, 6) is -0.0119. The van der Waals surface area contributed by atoms with Gasteiger partial charge >= 0.3 is 0 Å². The van der Waals surface area contributed by atoms with Crippen molar-refractivity contribution in [2.45, 2.75) is 33.9 Å². The van der Waals surface area contributed by atoms with Crippen molar-refractivity contribution in [1.29, 1.82) is 0 Å². The van der Waals surface area contributed by atoms with Gasteiger partial charge in [0.1, 0.15) is 5.01 Å². The van der Waals surface area contributed by atoms with Crippen LogP contribution in [0.5, 0.6) is 0 Å². The minimum Gasteiger partial charge on any atom is -0.335 e. The average molecular weight is 354 g/mol. The third-order valence-corrected chi connectivity index (χ3v) is 5.11. The molecule has 0 aliphatic rings. The minimum atomic E-state index is -0.0119. The van der Waals surface area contributed by atoms with Crippen LogP contribution < -0.4 is 0 Å². The van der Waals surface area contributed by atoms with Gasteiger partial charge in [-0.1, -0.05) is 30.3 Å². The van der Waals surface area contributed by atoms with Crippen LogP contribution in [0.15, 0.2) is 35.7 Å². The molecule has 0 fully saturated rings. The van der Waals surface area contributed by atoms with Gasteiger partial charge in [-0.15, -0.1) is 11.3 Å². The first-order chi connectivity index (χ1) is 12.0. The largest absolute Gasteiger partial charge is 0.335 e. The Bertz CT molecular complexity index is 882. The summed E-state index contributed by atoms with van der Waals surface area (Å²) in [7, 11) is 1.81. The molecule has 1 amide bonds. The van der Waals surface area contributed by atoms with Gasteiger partial charge in [0.2, 0.25) is 0 Å². The molecule has 25 heavy (non-hydrogen) atoms. The SMILES string of the molecule is Cc1csc(CN(C)C(=O)c2c(C)nn(Cc3ccccc3)c2C)n1. The highest BCUT2D eigenvalue weighted by atomic mass is 32.1. The second kappa shape index (κ2) is 7.19. The summed E-state index contributed by atoms with van der Waals surface area (Å²) < 4.78 is 1.90. The zero-order valence-corrected chi connectivity index (χ0v) is 15.8. The molecule has 0 bridgehead atoms. The summed E-state index contributed by atoms with van der Waals surface area (Å²) >= 11 is 1.58. The Morgan fingerprint density at radius 3 is 2.56 bits per heavy atom. The van der Waals surface area contributed by atoms with Gasteiger partial charge in [-0.3, -0.25) is 9.48 Å². The third-order valence-electron chi connectivity index (χ3n) is 4.16. The van der Waals surface area contributed by atoms with Gasteiger partial charge in [-0.05, 0) is 26.3 Å². The summed E-state index contributed by atoms with van der Waals surface area (Å²) in [6.07, 6.45) is 0. The van der Waals surface area contributed by atoms with Gasteiger partial charge < -0.3 is 4.90 Å². The lowest BCUT2D eigenvalue weighted by Crippen LogP contribution is -2.27. The molecule has 0 N–H and O–H groups in total. The fraction of sp³-hybridized carbons (Fsp3) is 0.316. The fourth-order valence-electron chi connectivity index (χ4n) is 2.86. The van der Waals surface area contributed by atoms with Crippen LogP contribution in [-0.2, 0) is 13.1 Å². The van der Waals surface area contributed by atoms with Crippen molar-refractivity contribution >= 4 is 17.2 Å². The van der Waals surface area contributed by atoms with Crippen LogP contribution in [0.25, 0.3) is 0 Å². The number of carbonyl (C=O) groups excluding carboxylic acids is 1. The van der Waals surface area contributed by atoms with E-state index in [2.05, 4.69) is 22.2 Å². The predicted octanol–water partition coefficient (Wildman–Crippen LogP) is 3.59. The van der Waals surface area contributed by atoms with E-state index >= 15 is 0 Å². The first-order valence-electron chi connectivity index (χ1n) is 8.20. The second-order valence-corrected chi connectivity index (χ2v) is 7.18. The molecule has 6 heteroatoms. The summed E-state index contributed by atoms with van der Waals surface area (Å²) in [4.78, 5) is 19.1. The predicted molar refractivity (Wildman–Crippen MR) is 99.9 cm³/mol. The normalized spacial score (nSPS) is 10.9. The number of thiazole rings is 1. The van der Waals surface area contributed by atoms with Gasteiger partial charge in [0.05, 0.1) is 24.3 Å². The molecule has 0 spiro atoms. The van der Waals surface area contributed by atoms with Gasteiger partial charge in [0.25, 0.3) is 5.91 Å². The van der Waals surface area contributed by atoms with Crippen LogP contribution in [0.4, 0.5) is 0 Å². The molecule has 5 nitrogen and oxygen atoms in total. The molecule has 2 heterocycles. The smallest absolute Gasteiger partial charge is 0.257 e. The number of aryl methyl sites for hydroxylation is 2. The zero-order chi connectivity index (χ0) is 18.0. The molecule has 0 aliphatic heterocycles. The number of amides is 1. The number of benzene rings is 1. The first-order valence-corrected chi connectivity index (χ1v) is 9.08. The molecule has 3 aromatic rings. The van der Waals surface area contributed by atoms with Crippen molar-refractivity contribution < 1.29 is 4.79 Å². The lowest BCUT2D eigenvalue weighted by atomic mass is 10.1. The molecular weight excluding hydrogens is 332 g/mol. The summed E-state index contributed by atoms with van der Waals surface area (Å²) in [5.41, 5.74) is 4.50. The fourth-order valence-corrected chi connectivity index (χ4v) is 3.68. The standard InChI is InChI=1S/C19H22N4OS/c1-13-12-25-17(20-13)11-22(4)19(24)18-14(2)21-23(15(18)3)10-16-8-6-5-7-9-16/h5-9,12H,10-11H2,1-4H3. The van der Waals surface area contributed by atoms with Crippen molar-refractivity contribution in [3.63, 3.8) is 0 Å². The zero-order valence-electron chi connectivity index (χ0n) is 15.0. The Labute approximate surface area is 151 Å². The summed E-state index contributed by atoms with van der Waals surface area (Å²) in [6.45, 7) is 6.99. The molecule has 3 rings (SSSR count). The van der Waals surface area contributed by atoms with Gasteiger partial charge in [-0.2, -0.15) is 5.10 Å². The molecule has 1 aromatic carbocycles. The van der Waals surface area contributed by atoms with Crippen molar-refractivity contribution in [1.82, 2.24) is 19.7 Å². The van der Waals surface area contributed by atoms with Crippen molar-refractivity contribution in [2.24, 2.45) is 0 Å². The molecule has 130 valence electrons. The van der Waals surface area contributed by atoms with Crippen LogP contribution >= 0.6 is 11.3 Å². The topological polar surface area (TPSA) is 51.0 Å². The van der Waals surface area contributed by atoms with Crippen LogP contribution in [0.3, 0.4) is 0 Å². The lowest BCUT2D eigenvalue weighted by molar-refractivity contribution is 0.0783. The van der Waals surface area contributed by atoms with E-state index in [1.807, 2.05) is 56.1 Å². The number of rotatable bonds is 5. The number of hydrogen-bond acceptors (Lipinski definition) is 4. The number of hydrogen-bond donors (Lipinski definition) is 0.